The lowest BCUT2D eigenvalue weighted by Crippen LogP contribution is -2.28. The Morgan fingerprint density at radius 1 is 1.35 bits per heavy atom. The highest BCUT2D eigenvalue weighted by molar-refractivity contribution is 5.97. The minimum Gasteiger partial charge on any atom is -0.467 e. The highest BCUT2D eigenvalue weighted by Crippen LogP contribution is 2.27. The van der Waals surface area contributed by atoms with Gasteiger partial charge in [0.05, 0.1) is 12.8 Å². The zero-order chi connectivity index (χ0) is 16.1. The van der Waals surface area contributed by atoms with Crippen LogP contribution in [0.2, 0.25) is 0 Å². The number of hydrogen-bond acceptors (Lipinski definition) is 4. The van der Waals surface area contributed by atoms with E-state index in [1.54, 1.807) is 24.6 Å². The summed E-state index contributed by atoms with van der Waals surface area (Å²) >= 11 is 0. The SMILES string of the molecule is N#C/C(=C/N1CCCc2ccccc21)C(=O)NCc1ccco1. The van der Waals surface area contributed by atoms with E-state index < -0.39 is 5.91 Å². The molecule has 2 aromatic rings. The van der Waals surface area contributed by atoms with Gasteiger partial charge in [-0.25, -0.2) is 0 Å². The molecule has 0 aliphatic carbocycles. The number of carbonyl (C=O) groups is 1. The Bertz CT molecular complexity index is 757. The van der Waals surface area contributed by atoms with Crippen LogP contribution >= 0.6 is 0 Å². The van der Waals surface area contributed by atoms with Crippen molar-refractivity contribution in [1.82, 2.24) is 5.32 Å². The third kappa shape index (κ3) is 3.43. The predicted molar refractivity (Wildman–Crippen MR) is 86.4 cm³/mol. The molecule has 0 atom stereocenters. The van der Waals surface area contributed by atoms with E-state index in [2.05, 4.69) is 11.4 Å². The van der Waals surface area contributed by atoms with Crippen molar-refractivity contribution in [1.29, 1.82) is 5.26 Å². The summed E-state index contributed by atoms with van der Waals surface area (Å²) in [6.07, 6.45) is 5.20. The summed E-state index contributed by atoms with van der Waals surface area (Å²) in [5, 5.41) is 12.0. The molecule has 1 aliphatic rings. The summed E-state index contributed by atoms with van der Waals surface area (Å²) in [5.74, 6) is 0.255. The van der Waals surface area contributed by atoms with Crippen LogP contribution in [0, 0.1) is 11.3 Å². The van der Waals surface area contributed by atoms with Crippen LogP contribution in [0.1, 0.15) is 17.7 Å². The van der Waals surface area contributed by atoms with Crippen molar-refractivity contribution in [2.45, 2.75) is 19.4 Å². The van der Waals surface area contributed by atoms with Crippen molar-refractivity contribution in [2.75, 3.05) is 11.4 Å². The highest BCUT2D eigenvalue weighted by Gasteiger charge is 2.17. The Morgan fingerprint density at radius 3 is 3.00 bits per heavy atom. The molecule has 0 unspecified atom stereocenters. The molecule has 0 radical (unpaired) electrons. The summed E-state index contributed by atoms with van der Waals surface area (Å²) in [7, 11) is 0. The lowest BCUT2D eigenvalue weighted by atomic mass is 10.0. The number of nitrogens with one attached hydrogen (secondary N) is 1. The van der Waals surface area contributed by atoms with Crippen molar-refractivity contribution in [3.63, 3.8) is 0 Å². The number of amides is 1. The van der Waals surface area contributed by atoms with Gasteiger partial charge in [-0.2, -0.15) is 5.26 Å². The molecule has 3 rings (SSSR count). The fourth-order valence-electron chi connectivity index (χ4n) is 2.67. The fraction of sp³-hybridized carbons (Fsp3) is 0.222. The minimum atomic E-state index is -0.396. The van der Waals surface area contributed by atoms with Gasteiger partial charge >= 0.3 is 0 Å². The topological polar surface area (TPSA) is 69.3 Å². The van der Waals surface area contributed by atoms with Crippen molar-refractivity contribution < 1.29 is 9.21 Å². The third-order valence-electron chi connectivity index (χ3n) is 3.80. The van der Waals surface area contributed by atoms with Crippen LogP contribution in [0.15, 0.2) is 58.9 Å². The number of hydrogen-bond donors (Lipinski definition) is 1. The molecule has 0 bridgehead atoms. The number of benzene rings is 1. The Balaban J connectivity index is 1.74. The molecule has 1 aliphatic heterocycles. The van der Waals surface area contributed by atoms with Gasteiger partial charge in [-0.1, -0.05) is 18.2 Å². The Hall–Kier alpha value is -3.00. The van der Waals surface area contributed by atoms with E-state index >= 15 is 0 Å². The molecule has 5 nitrogen and oxygen atoms in total. The highest BCUT2D eigenvalue weighted by atomic mass is 16.3. The maximum atomic E-state index is 12.2. The number of nitriles is 1. The van der Waals surface area contributed by atoms with Crippen molar-refractivity contribution >= 4 is 11.6 Å². The van der Waals surface area contributed by atoms with Gasteiger partial charge in [0.2, 0.25) is 0 Å². The van der Waals surface area contributed by atoms with Crippen LogP contribution in [0.4, 0.5) is 5.69 Å². The molecule has 0 spiro atoms. The molecule has 1 amide bonds. The molecule has 5 heteroatoms. The maximum absolute atomic E-state index is 12.2. The van der Waals surface area contributed by atoms with E-state index in [9.17, 15) is 10.1 Å². The van der Waals surface area contributed by atoms with E-state index in [1.165, 1.54) is 5.56 Å². The molecule has 116 valence electrons. The number of anilines is 1. The van der Waals surface area contributed by atoms with Gasteiger partial charge in [0.1, 0.15) is 17.4 Å². The predicted octanol–water partition coefficient (Wildman–Crippen LogP) is 2.76. The van der Waals surface area contributed by atoms with Gasteiger partial charge in [0.15, 0.2) is 0 Å². The summed E-state index contributed by atoms with van der Waals surface area (Å²) in [6, 6.07) is 13.6. The molecule has 0 saturated heterocycles. The second-order valence-electron chi connectivity index (χ2n) is 5.34. The number of carbonyl (C=O) groups excluding carboxylic acids is 1. The molecular formula is C18H17N3O2. The van der Waals surface area contributed by atoms with Gasteiger partial charge < -0.3 is 14.6 Å². The number of nitrogens with zero attached hydrogens (tertiary/aromatic N) is 2. The Kier molecular flexibility index (Phi) is 4.44. The van der Waals surface area contributed by atoms with E-state index in [1.807, 2.05) is 29.2 Å². The quantitative estimate of drug-likeness (QED) is 0.696. The van der Waals surface area contributed by atoms with Gasteiger partial charge in [0.25, 0.3) is 5.91 Å². The Labute approximate surface area is 134 Å². The summed E-state index contributed by atoms with van der Waals surface area (Å²) < 4.78 is 5.17. The molecular weight excluding hydrogens is 290 g/mol. The number of para-hydroxylation sites is 1. The number of fused-ring (bicyclic) bond motifs is 1. The second kappa shape index (κ2) is 6.84. The van der Waals surface area contributed by atoms with Crippen LogP contribution in [-0.4, -0.2) is 12.5 Å². The lowest BCUT2D eigenvalue weighted by Gasteiger charge is -2.28. The lowest BCUT2D eigenvalue weighted by molar-refractivity contribution is -0.117. The molecule has 1 aromatic carbocycles. The van der Waals surface area contributed by atoms with Gasteiger partial charge in [0, 0.05) is 18.4 Å². The van der Waals surface area contributed by atoms with E-state index in [-0.39, 0.29) is 12.1 Å². The van der Waals surface area contributed by atoms with E-state index in [4.69, 9.17) is 4.42 Å². The first-order chi connectivity index (χ1) is 11.3. The first-order valence-corrected chi connectivity index (χ1v) is 7.55. The van der Waals surface area contributed by atoms with Gasteiger partial charge in [-0.15, -0.1) is 0 Å². The normalized spacial score (nSPS) is 14.0. The van der Waals surface area contributed by atoms with Gasteiger partial charge in [-0.05, 0) is 36.6 Å². The molecule has 1 aromatic heterocycles. The number of rotatable bonds is 4. The van der Waals surface area contributed by atoms with Crippen LogP contribution in [0.5, 0.6) is 0 Å². The average Bonchev–Trinajstić information content (AvgIpc) is 3.11. The van der Waals surface area contributed by atoms with Crippen LogP contribution in [0.3, 0.4) is 0 Å². The minimum absolute atomic E-state index is 0.0910. The molecule has 0 saturated carbocycles. The second-order valence-corrected chi connectivity index (χ2v) is 5.34. The molecule has 0 fully saturated rings. The number of aryl methyl sites for hydroxylation is 1. The summed E-state index contributed by atoms with van der Waals surface area (Å²) in [4.78, 5) is 14.2. The van der Waals surface area contributed by atoms with Crippen molar-refractivity contribution in [3.8, 4) is 6.07 Å². The van der Waals surface area contributed by atoms with E-state index in [0.29, 0.717) is 5.76 Å². The molecule has 23 heavy (non-hydrogen) atoms. The van der Waals surface area contributed by atoms with Crippen molar-refractivity contribution in [2.24, 2.45) is 0 Å². The maximum Gasteiger partial charge on any atom is 0.263 e. The standard InChI is InChI=1S/C18H17N3O2/c19-11-15(18(22)20-12-16-7-4-10-23-16)13-21-9-3-6-14-5-1-2-8-17(14)21/h1-2,4-5,7-8,10,13H,3,6,9,12H2,(H,20,22)/b15-13-. The zero-order valence-electron chi connectivity index (χ0n) is 12.7. The average molecular weight is 307 g/mol. The summed E-state index contributed by atoms with van der Waals surface area (Å²) in [5.41, 5.74) is 2.39. The first-order valence-electron chi connectivity index (χ1n) is 7.55. The molecule has 2 heterocycles. The largest absolute Gasteiger partial charge is 0.467 e. The number of furan rings is 1. The summed E-state index contributed by atoms with van der Waals surface area (Å²) in [6.45, 7) is 1.06. The van der Waals surface area contributed by atoms with Crippen molar-refractivity contribution in [3.05, 3.63) is 65.8 Å². The Morgan fingerprint density at radius 2 is 2.22 bits per heavy atom. The van der Waals surface area contributed by atoms with Crippen LogP contribution in [-0.2, 0) is 17.8 Å². The van der Waals surface area contributed by atoms with Gasteiger partial charge in [-0.3, -0.25) is 4.79 Å². The van der Waals surface area contributed by atoms with E-state index in [0.717, 1.165) is 25.1 Å². The van der Waals surface area contributed by atoms with Crippen LogP contribution in [0.25, 0.3) is 0 Å². The zero-order valence-corrected chi connectivity index (χ0v) is 12.7. The first kappa shape index (κ1) is 14.9. The third-order valence-corrected chi connectivity index (χ3v) is 3.80. The smallest absolute Gasteiger partial charge is 0.263 e. The fourth-order valence-corrected chi connectivity index (χ4v) is 2.67. The molecule has 1 N–H and O–H groups in total. The monoisotopic (exact) mass is 307 g/mol. The van der Waals surface area contributed by atoms with Crippen LogP contribution < -0.4 is 10.2 Å².